The maximum absolute atomic E-state index is 12.1. The monoisotopic (exact) mass is 285 g/mol. The molecule has 1 saturated heterocycles. The predicted octanol–water partition coefficient (Wildman–Crippen LogP) is 0.359. The van der Waals surface area contributed by atoms with Crippen molar-refractivity contribution in [3.63, 3.8) is 0 Å². The molecule has 1 atom stereocenters. The van der Waals surface area contributed by atoms with E-state index in [1.54, 1.807) is 11.9 Å². The Hall–Kier alpha value is -1.79. The van der Waals surface area contributed by atoms with Gasteiger partial charge < -0.3 is 20.2 Å². The van der Waals surface area contributed by atoms with E-state index in [4.69, 9.17) is 5.11 Å². The van der Waals surface area contributed by atoms with Crippen LogP contribution in [0.25, 0.3) is 0 Å². The summed E-state index contributed by atoms with van der Waals surface area (Å²) in [6.45, 7) is 4.85. The van der Waals surface area contributed by atoms with E-state index < -0.39 is 18.0 Å². The third-order valence-electron chi connectivity index (χ3n) is 3.26. The summed E-state index contributed by atoms with van der Waals surface area (Å²) in [4.78, 5) is 37.9. The van der Waals surface area contributed by atoms with E-state index in [-0.39, 0.29) is 18.4 Å². The fourth-order valence-electron chi connectivity index (χ4n) is 2.09. The van der Waals surface area contributed by atoms with Crippen molar-refractivity contribution in [2.75, 3.05) is 26.7 Å². The number of hydrogen-bond acceptors (Lipinski definition) is 3. The number of nitrogens with zero attached hydrogens (tertiary/aromatic N) is 2. The number of amides is 3. The Morgan fingerprint density at radius 2 is 2.00 bits per heavy atom. The summed E-state index contributed by atoms with van der Waals surface area (Å²) in [5.41, 5.74) is 0. The van der Waals surface area contributed by atoms with Crippen LogP contribution in [0.15, 0.2) is 0 Å². The van der Waals surface area contributed by atoms with Gasteiger partial charge in [0.1, 0.15) is 12.6 Å². The van der Waals surface area contributed by atoms with Gasteiger partial charge in [-0.2, -0.15) is 0 Å². The van der Waals surface area contributed by atoms with Crippen LogP contribution in [0.4, 0.5) is 4.79 Å². The minimum atomic E-state index is -1.05. The number of carboxylic acids is 1. The van der Waals surface area contributed by atoms with Crippen molar-refractivity contribution in [3.05, 3.63) is 0 Å². The zero-order valence-corrected chi connectivity index (χ0v) is 12.3. The summed E-state index contributed by atoms with van der Waals surface area (Å²) >= 11 is 0. The highest BCUT2D eigenvalue weighted by molar-refractivity contribution is 5.86. The molecule has 1 fully saturated rings. The Bertz CT molecular complexity index is 384. The Balaban J connectivity index is 2.63. The normalized spacial score (nSPS) is 17.9. The van der Waals surface area contributed by atoms with Crippen molar-refractivity contribution < 1.29 is 19.5 Å². The second kappa shape index (κ2) is 7.12. The molecule has 0 aromatic heterocycles. The quantitative estimate of drug-likeness (QED) is 0.780. The second-order valence-electron chi connectivity index (χ2n) is 5.56. The number of likely N-dealkylation sites (N-methyl/N-ethyl adjacent to an activating group) is 1. The van der Waals surface area contributed by atoms with Crippen LogP contribution in [0.3, 0.4) is 0 Å². The smallest absolute Gasteiger partial charge is 0.326 e. The fourth-order valence-corrected chi connectivity index (χ4v) is 2.09. The summed E-state index contributed by atoms with van der Waals surface area (Å²) in [7, 11) is 1.70. The van der Waals surface area contributed by atoms with Crippen LogP contribution in [0.5, 0.6) is 0 Å². The molecule has 3 amide bonds. The number of rotatable bonds is 4. The number of carbonyl (C=O) groups excluding carboxylic acids is 2. The Morgan fingerprint density at radius 3 is 2.55 bits per heavy atom. The lowest BCUT2D eigenvalue weighted by Gasteiger charge is -2.23. The van der Waals surface area contributed by atoms with Crippen LogP contribution in [-0.4, -0.2) is 65.5 Å². The average molecular weight is 285 g/mol. The van der Waals surface area contributed by atoms with Gasteiger partial charge in [-0.15, -0.1) is 0 Å². The van der Waals surface area contributed by atoms with E-state index in [0.29, 0.717) is 25.9 Å². The first-order valence-electron chi connectivity index (χ1n) is 6.83. The van der Waals surface area contributed by atoms with Gasteiger partial charge in [-0.1, -0.05) is 13.8 Å². The maximum Gasteiger partial charge on any atom is 0.326 e. The molecule has 0 spiro atoms. The molecule has 0 radical (unpaired) electrons. The molecule has 0 aromatic rings. The molecule has 1 heterocycles. The van der Waals surface area contributed by atoms with Gasteiger partial charge in [0.2, 0.25) is 5.91 Å². The summed E-state index contributed by atoms with van der Waals surface area (Å²) in [5, 5.41) is 11.6. The number of aliphatic carboxylic acids is 1. The minimum Gasteiger partial charge on any atom is -0.480 e. The van der Waals surface area contributed by atoms with Crippen molar-refractivity contribution >= 4 is 17.9 Å². The van der Waals surface area contributed by atoms with E-state index in [9.17, 15) is 14.4 Å². The standard InChI is InChI=1S/C13H23N3O4/c1-9(2)7-10(12(18)19)14-13(20)16-6-4-5-15(3)11(17)8-16/h9-10H,4-8H2,1-3H3,(H,14,20)(H,18,19)/t10-/m0/s1. The molecule has 1 aliphatic rings. The molecule has 1 rings (SSSR count). The third-order valence-corrected chi connectivity index (χ3v) is 3.26. The number of urea groups is 1. The third kappa shape index (κ3) is 4.71. The first-order valence-corrected chi connectivity index (χ1v) is 6.83. The largest absolute Gasteiger partial charge is 0.480 e. The molecular formula is C13H23N3O4. The van der Waals surface area contributed by atoms with E-state index in [2.05, 4.69) is 5.32 Å². The van der Waals surface area contributed by atoms with Crippen LogP contribution in [0.2, 0.25) is 0 Å². The van der Waals surface area contributed by atoms with Crippen molar-refractivity contribution in [2.24, 2.45) is 5.92 Å². The predicted molar refractivity (Wildman–Crippen MR) is 73.2 cm³/mol. The van der Waals surface area contributed by atoms with Crippen molar-refractivity contribution in [3.8, 4) is 0 Å². The summed E-state index contributed by atoms with van der Waals surface area (Å²) in [5.74, 6) is -1.02. The first kappa shape index (κ1) is 16.3. The highest BCUT2D eigenvalue weighted by Crippen LogP contribution is 2.07. The molecule has 0 aliphatic carbocycles. The lowest BCUT2D eigenvalue weighted by molar-refractivity contribution is -0.139. The molecule has 0 aromatic carbocycles. The van der Waals surface area contributed by atoms with E-state index >= 15 is 0 Å². The maximum atomic E-state index is 12.1. The highest BCUT2D eigenvalue weighted by atomic mass is 16.4. The van der Waals surface area contributed by atoms with Crippen LogP contribution >= 0.6 is 0 Å². The van der Waals surface area contributed by atoms with E-state index in [0.717, 1.165) is 0 Å². The summed E-state index contributed by atoms with van der Waals surface area (Å²) in [6, 6.07) is -1.40. The van der Waals surface area contributed by atoms with Crippen molar-refractivity contribution in [1.29, 1.82) is 0 Å². The molecule has 1 aliphatic heterocycles. The summed E-state index contributed by atoms with van der Waals surface area (Å²) in [6.07, 6.45) is 1.06. The molecule has 20 heavy (non-hydrogen) atoms. The fraction of sp³-hybridized carbons (Fsp3) is 0.769. The van der Waals surface area contributed by atoms with Gasteiger partial charge in [0, 0.05) is 20.1 Å². The molecular weight excluding hydrogens is 262 g/mol. The molecule has 7 heteroatoms. The molecule has 2 N–H and O–H groups in total. The molecule has 0 bridgehead atoms. The molecule has 7 nitrogen and oxygen atoms in total. The SMILES string of the molecule is CC(C)C[C@H](NC(=O)N1CCCN(C)C(=O)C1)C(=O)O. The highest BCUT2D eigenvalue weighted by Gasteiger charge is 2.27. The first-order chi connectivity index (χ1) is 9.31. The van der Waals surface area contributed by atoms with Gasteiger partial charge in [0.05, 0.1) is 0 Å². The lowest BCUT2D eigenvalue weighted by atomic mass is 10.0. The lowest BCUT2D eigenvalue weighted by Crippen LogP contribution is -2.50. The van der Waals surface area contributed by atoms with Gasteiger partial charge in [0.25, 0.3) is 0 Å². The number of nitrogens with one attached hydrogen (secondary N) is 1. The number of carboxylic acid groups (broad SMARTS) is 1. The van der Waals surface area contributed by atoms with Gasteiger partial charge >= 0.3 is 12.0 Å². The van der Waals surface area contributed by atoms with Crippen LogP contribution in [0.1, 0.15) is 26.7 Å². The Labute approximate surface area is 118 Å². The molecule has 0 unspecified atom stereocenters. The van der Waals surface area contributed by atoms with Crippen LogP contribution in [-0.2, 0) is 9.59 Å². The summed E-state index contributed by atoms with van der Waals surface area (Å²) < 4.78 is 0. The minimum absolute atomic E-state index is 0.00362. The van der Waals surface area contributed by atoms with E-state index in [1.165, 1.54) is 4.90 Å². The van der Waals surface area contributed by atoms with Gasteiger partial charge in [-0.3, -0.25) is 4.79 Å². The zero-order valence-electron chi connectivity index (χ0n) is 12.3. The molecule has 114 valence electrons. The zero-order chi connectivity index (χ0) is 15.3. The van der Waals surface area contributed by atoms with Crippen LogP contribution < -0.4 is 5.32 Å². The van der Waals surface area contributed by atoms with Crippen molar-refractivity contribution in [2.45, 2.75) is 32.7 Å². The van der Waals surface area contributed by atoms with Gasteiger partial charge in [-0.05, 0) is 18.8 Å². The van der Waals surface area contributed by atoms with E-state index in [1.807, 2.05) is 13.8 Å². The topological polar surface area (TPSA) is 90.0 Å². The van der Waals surface area contributed by atoms with Crippen LogP contribution in [0, 0.1) is 5.92 Å². The van der Waals surface area contributed by atoms with Gasteiger partial charge in [-0.25, -0.2) is 9.59 Å². The Morgan fingerprint density at radius 1 is 1.35 bits per heavy atom. The van der Waals surface area contributed by atoms with Gasteiger partial charge in [0.15, 0.2) is 0 Å². The average Bonchev–Trinajstić information content (AvgIpc) is 2.50. The van der Waals surface area contributed by atoms with Crippen molar-refractivity contribution in [1.82, 2.24) is 15.1 Å². The Kier molecular flexibility index (Phi) is 5.79. The number of carbonyl (C=O) groups is 3. The number of hydrogen-bond donors (Lipinski definition) is 2. The second-order valence-corrected chi connectivity index (χ2v) is 5.56. The molecule has 0 saturated carbocycles.